The van der Waals surface area contributed by atoms with E-state index in [9.17, 15) is 13.2 Å². The van der Waals surface area contributed by atoms with Crippen LogP contribution < -0.4 is 10.0 Å². The van der Waals surface area contributed by atoms with Gasteiger partial charge < -0.3 is 15.0 Å². The summed E-state index contributed by atoms with van der Waals surface area (Å²) in [6.45, 7) is 0.724. The van der Waals surface area contributed by atoms with Crippen LogP contribution in [0.1, 0.15) is 54.8 Å². The largest absolute Gasteiger partial charge is 0.370 e. The molecule has 1 saturated carbocycles. The summed E-state index contributed by atoms with van der Waals surface area (Å²) in [6.07, 6.45) is 6.12. The average Bonchev–Trinajstić information content (AvgIpc) is 2.99. The van der Waals surface area contributed by atoms with E-state index in [1.165, 1.54) is 18.4 Å². The molecule has 1 unspecified atom stereocenters. The van der Waals surface area contributed by atoms with Crippen LogP contribution in [-0.2, 0) is 26.0 Å². The third kappa shape index (κ3) is 10.2. The summed E-state index contributed by atoms with van der Waals surface area (Å²) < 4.78 is 34.0. The lowest BCUT2D eigenvalue weighted by Crippen LogP contribution is -2.33. The van der Waals surface area contributed by atoms with Crippen LogP contribution in [0.15, 0.2) is 83.8 Å². The van der Waals surface area contributed by atoms with Gasteiger partial charge in [0.1, 0.15) is 6.61 Å². The first-order valence-corrected chi connectivity index (χ1v) is 17.0. The molecule has 1 atom stereocenters. The van der Waals surface area contributed by atoms with Crippen molar-refractivity contribution in [2.75, 3.05) is 40.4 Å². The van der Waals surface area contributed by atoms with Crippen molar-refractivity contribution in [3.63, 3.8) is 0 Å². The third-order valence-corrected chi connectivity index (χ3v) is 10.1. The summed E-state index contributed by atoms with van der Waals surface area (Å²) in [5, 5.41) is 3.72. The Morgan fingerprint density at radius 2 is 1.60 bits per heavy atom. The standard InChI is InChI=1S/C34H44ClN3O4S/c1-38(2)34(29-16-18-31(35)19-17-29)28-14-12-26(13-15-28)20-21-36-33(39)25-42-23-22-37-43(40,41)32-11-7-6-10-30(32)24-27-8-4-3-5-9-27/h3-11,16-19,26,28,34,37H,12-15,20-25H2,1-2H3,(H,36,39). The van der Waals surface area contributed by atoms with E-state index in [4.69, 9.17) is 16.3 Å². The van der Waals surface area contributed by atoms with E-state index >= 15 is 0 Å². The Balaban J connectivity index is 1.11. The number of amides is 1. The van der Waals surface area contributed by atoms with Gasteiger partial charge in [0.25, 0.3) is 0 Å². The molecule has 1 fully saturated rings. The molecule has 0 aromatic heterocycles. The molecule has 3 aromatic carbocycles. The van der Waals surface area contributed by atoms with Gasteiger partial charge in [0.05, 0.1) is 11.5 Å². The second-order valence-electron chi connectivity index (χ2n) is 11.6. The summed E-state index contributed by atoms with van der Waals surface area (Å²) in [6, 6.07) is 25.4. The van der Waals surface area contributed by atoms with Gasteiger partial charge in [-0.05, 0) is 86.5 Å². The van der Waals surface area contributed by atoms with Gasteiger partial charge in [-0.2, -0.15) is 0 Å². The molecule has 1 aliphatic carbocycles. The smallest absolute Gasteiger partial charge is 0.245 e. The van der Waals surface area contributed by atoms with Crippen molar-refractivity contribution in [1.29, 1.82) is 0 Å². The van der Waals surface area contributed by atoms with Crippen LogP contribution in [0, 0.1) is 11.8 Å². The molecule has 9 heteroatoms. The highest BCUT2D eigenvalue weighted by atomic mass is 35.5. The van der Waals surface area contributed by atoms with Crippen LogP contribution in [0.2, 0.25) is 5.02 Å². The first-order chi connectivity index (χ1) is 20.7. The van der Waals surface area contributed by atoms with Gasteiger partial charge in [-0.3, -0.25) is 4.79 Å². The summed E-state index contributed by atoms with van der Waals surface area (Å²) in [7, 11) is 0.577. The number of carbonyl (C=O) groups is 1. The van der Waals surface area contributed by atoms with Crippen LogP contribution in [0.25, 0.3) is 0 Å². The summed E-state index contributed by atoms with van der Waals surface area (Å²) >= 11 is 6.10. The van der Waals surface area contributed by atoms with E-state index in [0.717, 1.165) is 35.4 Å². The molecule has 43 heavy (non-hydrogen) atoms. The van der Waals surface area contributed by atoms with Gasteiger partial charge in [-0.15, -0.1) is 0 Å². The molecule has 0 aliphatic heterocycles. The lowest BCUT2D eigenvalue weighted by Gasteiger charge is -2.37. The fraction of sp³-hybridized carbons (Fsp3) is 0.441. The van der Waals surface area contributed by atoms with Gasteiger partial charge in [0.15, 0.2) is 0 Å². The zero-order valence-corrected chi connectivity index (χ0v) is 26.7. The van der Waals surface area contributed by atoms with Gasteiger partial charge in [0.2, 0.25) is 15.9 Å². The fourth-order valence-corrected chi connectivity index (χ4v) is 7.51. The zero-order chi connectivity index (χ0) is 30.7. The highest BCUT2D eigenvalue weighted by molar-refractivity contribution is 7.89. The minimum atomic E-state index is -3.71. The summed E-state index contributed by atoms with van der Waals surface area (Å²) in [5.74, 6) is 1.02. The quantitative estimate of drug-likeness (QED) is 0.207. The molecule has 0 heterocycles. The number of benzene rings is 3. The van der Waals surface area contributed by atoms with Gasteiger partial charge in [-0.25, -0.2) is 13.1 Å². The van der Waals surface area contributed by atoms with Crippen molar-refractivity contribution in [2.24, 2.45) is 11.8 Å². The molecule has 0 bridgehead atoms. The Bertz CT molecular complexity index is 1390. The second kappa shape index (κ2) is 16.4. The van der Waals surface area contributed by atoms with Crippen LogP contribution in [-0.4, -0.2) is 59.6 Å². The normalized spacial score (nSPS) is 18.0. The van der Waals surface area contributed by atoms with Crippen LogP contribution in [0.4, 0.5) is 0 Å². The number of nitrogens with zero attached hydrogens (tertiary/aromatic N) is 1. The molecular formula is C34H44ClN3O4S. The number of carbonyl (C=O) groups excluding carboxylic acids is 1. The van der Waals surface area contributed by atoms with Crippen molar-refractivity contribution in [3.05, 3.63) is 101 Å². The molecule has 1 aliphatic rings. The fourth-order valence-electron chi connectivity index (χ4n) is 6.13. The van der Waals surface area contributed by atoms with Crippen LogP contribution >= 0.6 is 11.6 Å². The van der Waals surface area contributed by atoms with Crippen molar-refractivity contribution >= 4 is 27.5 Å². The zero-order valence-electron chi connectivity index (χ0n) is 25.2. The molecule has 1 amide bonds. The summed E-state index contributed by atoms with van der Waals surface area (Å²) in [4.78, 5) is 14.9. The van der Waals surface area contributed by atoms with E-state index in [-0.39, 0.29) is 30.6 Å². The van der Waals surface area contributed by atoms with Crippen LogP contribution in [0.3, 0.4) is 0 Å². The molecule has 7 nitrogen and oxygen atoms in total. The van der Waals surface area contributed by atoms with E-state index in [2.05, 4.69) is 41.2 Å². The number of hydrogen-bond acceptors (Lipinski definition) is 5. The molecule has 232 valence electrons. The highest BCUT2D eigenvalue weighted by Gasteiger charge is 2.30. The monoisotopic (exact) mass is 625 g/mol. The van der Waals surface area contributed by atoms with Crippen molar-refractivity contribution in [1.82, 2.24) is 14.9 Å². The molecule has 3 aromatic rings. The van der Waals surface area contributed by atoms with E-state index < -0.39 is 10.0 Å². The third-order valence-electron chi connectivity index (χ3n) is 8.25. The maximum Gasteiger partial charge on any atom is 0.245 e. The number of nitrogens with one attached hydrogen (secondary N) is 2. The maximum absolute atomic E-state index is 13.0. The lowest BCUT2D eigenvalue weighted by molar-refractivity contribution is -0.125. The Morgan fingerprint density at radius 3 is 2.30 bits per heavy atom. The van der Waals surface area contributed by atoms with E-state index in [0.29, 0.717) is 30.8 Å². The van der Waals surface area contributed by atoms with Crippen molar-refractivity contribution < 1.29 is 17.9 Å². The first-order valence-electron chi connectivity index (χ1n) is 15.1. The predicted octanol–water partition coefficient (Wildman–Crippen LogP) is 5.84. The minimum absolute atomic E-state index is 0.0858. The number of ether oxygens (including phenoxy) is 1. The lowest BCUT2D eigenvalue weighted by atomic mass is 9.75. The summed E-state index contributed by atoms with van der Waals surface area (Å²) in [5.41, 5.74) is 3.08. The first kappa shape index (κ1) is 33.1. The van der Waals surface area contributed by atoms with Crippen molar-refractivity contribution in [2.45, 2.75) is 49.5 Å². The van der Waals surface area contributed by atoms with Gasteiger partial charge in [0, 0.05) is 24.2 Å². The molecular weight excluding hydrogens is 582 g/mol. The molecule has 0 spiro atoms. The highest BCUT2D eigenvalue weighted by Crippen LogP contribution is 2.40. The second-order valence-corrected chi connectivity index (χ2v) is 13.8. The average molecular weight is 626 g/mol. The van der Waals surface area contributed by atoms with Crippen molar-refractivity contribution in [3.8, 4) is 0 Å². The predicted molar refractivity (Wildman–Crippen MR) is 173 cm³/mol. The minimum Gasteiger partial charge on any atom is -0.370 e. The Kier molecular flexibility index (Phi) is 12.6. The Labute approximate surface area is 262 Å². The molecule has 2 N–H and O–H groups in total. The van der Waals surface area contributed by atoms with Gasteiger partial charge >= 0.3 is 0 Å². The number of sulfonamides is 1. The maximum atomic E-state index is 13.0. The molecule has 4 rings (SSSR count). The van der Waals surface area contributed by atoms with E-state index in [1.54, 1.807) is 12.1 Å². The number of hydrogen-bond donors (Lipinski definition) is 2. The Hall–Kier alpha value is -2.75. The topological polar surface area (TPSA) is 87.7 Å². The molecule has 0 radical (unpaired) electrons. The Morgan fingerprint density at radius 1 is 0.930 bits per heavy atom. The number of halogens is 1. The van der Waals surface area contributed by atoms with Gasteiger partial charge in [-0.1, -0.05) is 85.1 Å². The van der Waals surface area contributed by atoms with E-state index in [1.807, 2.05) is 54.6 Å². The SMILES string of the molecule is CN(C)C(c1ccc(Cl)cc1)C1CCC(CCNC(=O)COCCNS(=O)(=O)c2ccccc2Cc2ccccc2)CC1. The molecule has 0 saturated heterocycles. The van der Waals surface area contributed by atoms with Crippen LogP contribution in [0.5, 0.6) is 0 Å². The number of rotatable bonds is 15.